The van der Waals surface area contributed by atoms with Crippen molar-refractivity contribution in [1.82, 2.24) is 10.3 Å². The molecule has 0 radical (unpaired) electrons. The second-order valence-electron chi connectivity index (χ2n) is 3.87. The second kappa shape index (κ2) is 5.18. The van der Waals surface area contributed by atoms with Crippen LogP contribution in [0, 0.1) is 0 Å². The summed E-state index contributed by atoms with van der Waals surface area (Å²) in [6.45, 7) is 3.22. The fourth-order valence-electron chi connectivity index (χ4n) is 1.07. The Balaban J connectivity index is 2.93. The maximum absolute atomic E-state index is 11.4. The molecule has 6 heteroatoms. The van der Waals surface area contributed by atoms with Crippen LogP contribution in [0.3, 0.4) is 0 Å². The summed E-state index contributed by atoms with van der Waals surface area (Å²) in [6, 6.07) is 3.26. The van der Waals surface area contributed by atoms with Gasteiger partial charge in [-0.05, 0) is 26.0 Å². The number of aliphatic carboxylic acids is 1. The van der Waals surface area contributed by atoms with E-state index in [2.05, 4.69) is 10.3 Å². The Labute approximate surface area is 104 Å². The fraction of sp³-hybridized carbons (Fsp3) is 0.364. The van der Waals surface area contributed by atoms with E-state index in [-0.39, 0.29) is 11.6 Å². The van der Waals surface area contributed by atoms with Crippen LogP contribution in [0.5, 0.6) is 0 Å². The predicted molar refractivity (Wildman–Crippen MR) is 65.2 cm³/mol. The number of rotatable bonds is 4. The number of pyridine rings is 1. The molecule has 0 aliphatic heterocycles. The summed E-state index contributed by atoms with van der Waals surface area (Å²) < 4.78 is -0.943. The van der Waals surface area contributed by atoms with Gasteiger partial charge in [-0.15, -0.1) is 11.8 Å². The summed E-state index contributed by atoms with van der Waals surface area (Å²) >= 11 is 1.18. The molecule has 2 N–H and O–H groups in total. The third-order valence-electron chi connectivity index (χ3n) is 2.08. The smallest absolute Gasteiger partial charge is 0.319 e. The Morgan fingerprint density at radius 3 is 2.65 bits per heavy atom. The first-order valence-electron chi connectivity index (χ1n) is 4.97. The largest absolute Gasteiger partial charge is 0.480 e. The lowest BCUT2D eigenvalue weighted by Crippen LogP contribution is -2.27. The van der Waals surface area contributed by atoms with Crippen molar-refractivity contribution in [3.8, 4) is 0 Å². The van der Waals surface area contributed by atoms with E-state index in [9.17, 15) is 9.59 Å². The molecule has 0 bridgehead atoms. The number of carbonyl (C=O) groups is 2. The first kappa shape index (κ1) is 13.5. The number of nitrogens with one attached hydrogen (secondary N) is 1. The van der Waals surface area contributed by atoms with Crippen molar-refractivity contribution in [2.45, 2.75) is 23.5 Å². The molecule has 1 aromatic rings. The summed E-state index contributed by atoms with van der Waals surface area (Å²) in [6.07, 6.45) is 1.49. The number of thioether (sulfide) groups is 1. The highest BCUT2D eigenvalue weighted by molar-refractivity contribution is 8.01. The molecule has 0 unspecified atom stereocenters. The van der Waals surface area contributed by atoms with Gasteiger partial charge in [0.2, 0.25) is 0 Å². The normalized spacial score (nSPS) is 11.0. The molecule has 0 aliphatic carbocycles. The lowest BCUT2D eigenvalue weighted by atomic mass is 10.2. The summed E-state index contributed by atoms with van der Waals surface area (Å²) in [7, 11) is 1.52. The molecular formula is C11H14N2O3S. The van der Waals surface area contributed by atoms with E-state index >= 15 is 0 Å². The molecule has 1 heterocycles. The average molecular weight is 254 g/mol. The summed E-state index contributed by atoms with van der Waals surface area (Å²) in [4.78, 5) is 27.0. The van der Waals surface area contributed by atoms with Crippen LogP contribution < -0.4 is 5.32 Å². The number of hydrogen-bond acceptors (Lipinski definition) is 4. The monoisotopic (exact) mass is 254 g/mol. The van der Waals surface area contributed by atoms with Gasteiger partial charge in [-0.2, -0.15) is 0 Å². The van der Waals surface area contributed by atoms with Gasteiger partial charge in [0.25, 0.3) is 5.91 Å². The van der Waals surface area contributed by atoms with Crippen LogP contribution in [-0.2, 0) is 4.79 Å². The number of nitrogens with zero attached hydrogens (tertiary/aromatic N) is 1. The number of carboxylic acids is 1. The molecule has 17 heavy (non-hydrogen) atoms. The standard InChI is InChI=1S/C11H14N2O3S/c1-11(2,10(15)16)17-7-4-5-13-8(6-7)9(14)12-3/h4-6H,1-3H3,(H,12,14)(H,15,16). The Kier molecular flexibility index (Phi) is 4.11. The molecule has 1 amide bonds. The van der Waals surface area contributed by atoms with E-state index in [1.165, 1.54) is 25.0 Å². The maximum Gasteiger partial charge on any atom is 0.319 e. The number of carbonyl (C=O) groups excluding carboxylic acids is 1. The minimum absolute atomic E-state index is 0.277. The summed E-state index contributed by atoms with van der Waals surface area (Å²) in [5.41, 5.74) is 0.277. The molecule has 5 nitrogen and oxygen atoms in total. The van der Waals surface area contributed by atoms with Crippen LogP contribution in [0.15, 0.2) is 23.2 Å². The van der Waals surface area contributed by atoms with E-state index in [1.54, 1.807) is 26.0 Å². The Morgan fingerprint density at radius 1 is 1.47 bits per heavy atom. The van der Waals surface area contributed by atoms with Gasteiger partial charge in [-0.3, -0.25) is 14.6 Å². The van der Waals surface area contributed by atoms with Crippen LogP contribution in [0.2, 0.25) is 0 Å². The SMILES string of the molecule is CNC(=O)c1cc(SC(C)(C)C(=O)O)ccn1. The van der Waals surface area contributed by atoms with E-state index in [0.717, 1.165) is 0 Å². The molecule has 0 aromatic carbocycles. The van der Waals surface area contributed by atoms with Crippen molar-refractivity contribution < 1.29 is 14.7 Å². The molecule has 1 rings (SSSR count). The van der Waals surface area contributed by atoms with E-state index in [1.807, 2.05) is 0 Å². The zero-order valence-corrected chi connectivity index (χ0v) is 10.7. The first-order chi connectivity index (χ1) is 7.86. The van der Waals surface area contributed by atoms with Gasteiger partial charge in [0, 0.05) is 18.1 Å². The topological polar surface area (TPSA) is 79.3 Å². The van der Waals surface area contributed by atoms with Crippen molar-refractivity contribution >= 4 is 23.6 Å². The van der Waals surface area contributed by atoms with Crippen molar-refractivity contribution in [2.75, 3.05) is 7.05 Å². The molecule has 92 valence electrons. The first-order valence-corrected chi connectivity index (χ1v) is 5.79. The van der Waals surface area contributed by atoms with Crippen molar-refractivity contribution in [3.63, 3.8) is 0 Å². The summed E-state index contributed by atoms with van der Waals surface area (Å²) in [5.74, 6) is -1.19. The lowest BCUT2D eigenvalue weighted by Gasteiger charge is -2.18. The van der Waals surface area contributed by atoms with Gasteiger partial charge in [0.15, 0.2) is 0 Å². The average Bonchev–Trinajstić information content (AvgIpc) is 2.27. The van der Waals surface area contributed by atoms with Crippen molar-refractivity contribution in [3.05, 3.63) is 24.0 Å². The third kappa shape index (κ3) is 3.45. The molecule has 0 saturated carbocycles. The van der Waals surface area contributed by atoms with Crippen LogP contribution in [0.25, 0.3) is 0 Å². The van der Waals surface area contributed by atoms with Gasteiger partial charge in [-0.25, -0.2) is 0 Å². The summed E-state index contributed by atoms with van der Waals surface area (Å²) in [5, 5.41) is 11.5. The molecule has 0 spiro atoms. The Hall–Kier alpha value is -1.56. The number of aromatic nitrogens is 1. The highest BCUT2D eigenvalue weighted by Gasteiger charge is 2.28. The Morgan fingerprint density at radius 2 is 2.12 bits per heavy atom. The van der Waals surface area contributed by atoms with Crippen molar-refractivity contribution in [1.29, 1.82) is 0 Å². The van der Waals surface area contributed by atoms with E-state index in [4.69, 9.17) is 5.11 Å². The van der Waals surface area contributed by atoms with E-state index in [0.29, 0.717) is 4.90 Å². The quantitative estimate of drug-likeness (QED) is 0.794. The second-order valence-corrected chi connectivity index (χ2v) is 5.57. The molecule has 0 atom stereocenters. The highest BCUT2D eigenvalue weighted by atomic mass is 32.2. The Bertz CT molecular complexity index is 446. The van der Waals surface area contributed by atoms with Gasteiger partial charge >= 0.3 is 5.97 Å². The fourth-order valence-corrected chi connectivity index (χ4v) is 2.04. The van der Waals surface area contributed by atoms with Gasteiger partial charge in [0.1, 0.15) is 10.4 Å². The van der Waals surface area contributed by atoms with E-state index < -0.39 is 10.7 Å². The molecule has 0 fully saturated rings. The molecule has 1 aromatic heterocycles. The van der Waals surface area contributed by atoms with Gasteiger partial charge in [0.05, 0.1) is 0 Å². The predicted octanol–water partition coefficient (Wildman–Crippen LogP) is 1.40. The minimum Gasteiger partial charge on any atom is -0.480 e. The number of carboxylic acid groups (broad SMARTS) is 1. The maximum atomic E-state index is 11.4. The number of hydrogen-bond donors (Lipinski definition) is 2. The number of amides is 1. The van der Waals surface area contributed by atoms with Gasteiger partial charge < -0.3 is 10.4 Å². The van der Waals surface area contributed by atoms with Crippen LogP contribution in [0.1, 0.15) is 24.3 Å². The lowest BCUT2D eigenvalue weighted by molar-refractivity contribution is -0.138. The molecular weight excluding hydrogens is 240 g/mol. The van der Waals surface area contributed by atoms with Crippen LogP contribution in [0.4, 0.5) is 0 Å². The zero-order chi connectivity index (χ0) is 13.1. The van der Waals surface area contributed by atoms with Crippen LogP contribution >= 0.6 is 11.8 Å². The zero-order valence-electron chi connectivity index (χ0n) is 9.85. The van der Waals surface area contributed by atoms with Gasteiger partial charge in [-0.1, -0.05) is 0 Å². The third-order valence-corrected chi connectivity index (χ3v) is 3.25. The molecule has 0 aliphatic rings. The van der Waals surface area contributed by atoms with Crippen LogP contribution in [-0.4, -0.2) is 33.8 Å². The highest BCUT2D eigenvalue weighted by Crippen LogP contribution is 2.32. The van der Waals surface area contributed by atoms with Crippen molar-refractivity contribution in [2.24, 2.45) is 0 Å². The minimum atomic E-state index is -0.943. The molecule has 0 saturated heterocycles.